The largest absolute Gasteiger partial charge is 0.496 e. The molecule has 6 heteroatoms. The number of aromatic nitrogens is 1. The summed E-state index contributed by atoms with van der Waals surface area (Å²) < 4.78 is 26.8. The number of allylic oxidation sites excluding steroid dienone is 2. The van der Waals surface area contributed by atoms with Crippen LogP contribution in [-0.4, -0.2) is 24.7 Å². The van der Waals surface area contributed by atoms with E-state index < -0.39 is 0 Å². The third-order valence-electron chi connectivity index (χ3n) is 5.90. The molecule has 5 nitrogen and oxygen atoms in total. The molecule has 0 atom stereocenters. The Morgan fingerprint density at radius 3 is 2.48 bits per heavy atom. The first-order valence-corrected chi connectivity index (χ1v) is 10.6. The maximum absolute atomic E-state index is 14.1. The lowest BCUT2D eigenvalue weighted by Gasteiger charge is -2.09. The SMILES string of the molecule is COc1[c]c(OC)cc(/C=C2/C(C)=C(CC(=O)NCc3cccn3C)c3cc(F)ccc32)c1. The molecule has 0 aliphatic heterocycles. The summed E-state index contributed by atoms with van der Waals surface area (Å²) in [6.07, 6.45) is 4.10. The molecule has 0 saturated carbocycles. The third kappa shape index (κ3) is 4.70. The highest BCUT2D eigenvalue weighted by Gasteiger charge is 2.26. The van der Waals surface area contributed by atoms with Crippen LogP contribution < -0.4 is 14.8 Å². The van der Waals surface area contributed by atoms with E-state index in [0.717, 1.165) is 39.1 Å². The van der Waals surface area contributed by atoms with Gasteiger partial charge in [0.2, 0.25) is 5.91 Å². The number of benzene rings is 2. The molecule has 1 radical (unpaired) electrons. The van der Waals surface area contributed by atoms with Crippen molar-refractivity contribution in [3.8, 4) is 11.5 Å². The van der Waals surface area contributed by atoms with Gasteiger partial charge in [0.05, 0.1) is 33.3 Å². The average molecular weight is 446 g/mol. The number of aryl methyl sites for hydroxylation is 1. The average Bonchev–Trinajstić information content (AvgIpc) is 3.33. The highest BCUT2D eigenvalue weighted by molar-refractivity contribution is 6.08. The van der Waals surface area contributed by atoms with Gasteiger partial charge in [-0.2, -0.15) is 0 Å². The zero-order valence-electron chi connectivity index (χ0n) is 19.2. The van der Waals surface area contributed by atoms with Gasteiger partial charge in [0.25, 0.3) is 0 Å². The Bertz CT molecular complexity index is 1250. The van der Waals surface area contributed by atoms with Crippen LogP contribution in [0.3, 0.4) is 0 Å². The number of rotatable bonds is 7. The number of carbonyl (C=O) groups excluding carboxylic acids is 1. The Morgan fingerprint density at radius 2 is 1.85 bits per heavy atom. The minimum absolute atomic E-state index is 0.111. The van der Waals surface area contributed by atoms with Crippen molar-refractivity contribution in [1.82, 2.24) is 9.88 Å². The number of amides is 1. The summed E-state index contributed by atoms with van der Waals surface area (Å²) in [5, 5.41) is 2.97. The normalized spacial score (nSPS) is 13.9. The maximum atomic E-state index is 14.1. The molecule has 1 aromatic heterocycles. The molecule has 4 rings (SSSR count). The summed E-state index contributed by atoms with van der Waals surface area (Å²) in [5.74, 6) is 0.669. The lowest BCUT2D eigenvalue weighted by Crippen LogP contribution is -2.23. The van der Waals surface area contributed by atoms with E-state index in [1.165, 1.54) is 12.1 Å². The van der Waals surface area contributed by atoms with Crippen molar-refractivity contribution in [1.29, 1.82) is 0 Å². The molecule has 1 N–H and O–H groups in total. The molecule has 0 spiro atoms. The molecule has 1 aliphatic carbocycles. The number of methoxy groups -OCH3 is 2. The molecule has 2 aromatic carbocycles. The number of carbonyl (C=O) groups is 1. The third-order valence-corrected chi connectivity index (χ3v) is 5.90. The van der Waals surface area contributed by atoms with Crippen LogP contribution in [-0.2, 0) is 18.4 Å². The van der Waals surface area contributed by atoms with E-state index in [9.17, 15) is 9.18 Å². The minimum Gasteiger partial charge on any atom is -0.496 e. The number of halogens is 1. The Labute approximate surface area is 193 Å². The summed E-state index contributed by atoms with van der Waals surface area (Å²) in [6, 6.07) is 15.3. The number of fused-ring (bicyclic) bond motifs is 1. The van der Waals surface area contributed by atoms with E-state index in [1.54, 1.807) is 20.3 Å². The molecule has 3 aromatic rings. The fourth-order valence-corrected chi connectivity index (χ4v) is 4.08. The van der Waals surface area contributed by atoms with Gasteiger partial charge in [0.1, 0.15) is 17.3 Å². The first kappa shape index (κ1) is 22.4. The van der Waals surface area contributed by atoms with Crippen molar-refractivity contribution in [2.45, 2.75) is 19.9 Å². The van der Waals surface area contributed by atoms with Gasteiger partial charge in [0.15, 0.2) is 0 Å². The maximum Gasteiger partial charge on any atom is 0.224 e. The zero-order chi connectivity index (χ0) is 23.5. The monoisotopic (exact) mass is 445 g/mol. The topological polar surface area (TPSA) is 52.5 Å². The van der Waals surface area contributed by atoms with Crippen molar-refractivity contribution in [2.24, 2.45) is 7.05 Å². The van der Waals surface area contributed by atoms with Gasteiger partial charge in [-0.1, -0.05) is 6.07 Å². The van der Waals surface area contributed by atoms with Crippen LogP contribution in [0.15, 0.2) is 54.2 Å². The van der Waals surface area contributed by atoms with Crippen LogP contribution in [0.2, 0.25) is 0 Å². The number of ether oxygens (including phenoxy) is 2. The highest BCUT2D eigenvalue weighted by atomic mass is 19.1. The van der Waals surface area contributed by atoms with Crippen LogP contribution in [0, 0.1) is 11.9 Å². The van der Waals surface area contributed by atoms with Crippen LogP contribution in [0.25, 0.3) is 17.2 Å². The van der Waals surface area contributed by atoms with Gasteiger partial charge in [-0.05, 0) is 82.8 Å². The number of hydrogen-bond acceptors (Lipinski definition) is 3. The minimum atomic E-state index is -0.331. The second-order valence-electron chi connectivity index (χ2n) is 7.97. The van der Waals surface area contributed by atoms with E-state index in [1.807, 2.05) is 55.1 Å². The second-order valence-corrected chi connectivity index (χ2v) is 7.97. The summed E-state index contributed by atoms with van der Waals surface area (Å²) >= 11 is 0. The summed E-state index contributed by atoms with van der Waals surface area (Å²) in [7, 11) is 5.09. The van der Waals surface area contributed by atoms with E-state index >= 15 is 0 Å². The molecule has 1 amide bonds. The summed E-state index contributed by atoms with van der Waals surface area (Å²) in [6.45, 7) is 2.40. The lowest BCUT2D eigenvalue weighted by atomic mass is 10.0. The smallest absolute Gasteiger partial charge is 0.224 e. The number of nitrogens with one attached hydrogen (secondary N) is 1. The summed E-state index contributed by atoms with van der Waals surface area (Å²) in [5.41, 5.74) is 6.21. The van der Waals surface area contributed by atoms with Crippen LogP contribution in [0.4, 0.5) is 4.39 Å². The molecule has 169 valence electrons. The summed E-state index contributed by atoms with van der Waals surface area (Å²) in [4.78, 5) is 12.8. The van der Waals surface area contributed by atoms with Crippen molar-refractivity contribution in [2.75, 3.05) is 14.2 Å². The van der Waals surface area contributed by atoms with Crippen molar-refractivity contribution in [3.05, 3.63) is 88.5 Å². The first-order chi connectivity index (χ1) is 15.9. The standard InChI is InChI=1S/C27H26FN2O3/c1-17-24(12-18-10-21(32-3)14-22(11-18)33-4)23-8-7-19(28)13-26(23)25(17)15-27(31)29-16-20-6-5-9-30(20)2/h5-13H,15-16H2,1-4H3,(H,29,31)/b24-12-. The van der Waals surface area contributed by atoms with Gasteiger partial charge >= 0.3 is 0 Å². The van der Waals surface area contributed by atoms with Crippen molar-refractivity contribution >= 4 is 23.1 Å². The van der Waals surface area contributed by atoms with Gasteiger partial charge in [0, 0.05) is 18.9 Å². The van der Waals surface area contributed by atoms with E-state index in [-0.39, 0.29) is 18.1 Å². The van der Waals surface area contributed by atoms with E-state index in [2.05, 4.69) is 11.4 Å². The predicted molar refractivity (Wildman–Crippen MR) is 127 cm³/mol. The Hall–Kier alpha value is -3.80. The predicted octanol–water partition coefficient (Wildman–Crippen LogP) is 5.02. The van der Waals surface area contributed by atoms with Crippen molar-refractivity contribution in [3.63, 3.8) is 0 Å². The zero-order valence-corrected chi connectivity index (χ0v) is 19.2. The van der Waals surface area contributed by atoms with Crippen LogP contribution in [0.1, 0.15) is 35.7 Å². The van der Waals surface area contributed by atoms with E-state index in [0.29, 0.717) is 18.0 Å². The molecule has 1 aliphatic rings. The van der Waals surface area contributed by atoms with Crippen molar-refractivity contribution < 1.29 is 18.7 Å². The molecule has 0 unspecified atom stereocenters. The van der Waals surface area contributed by atoms with Gasteiger partial charge in [-0.15, -0.1) is 0 Å². The first-order valence-electron chi connectivity index (χ1n) is 10.6. The Morgan fingerprint density at radius 1 is 1.12 bits per heavy atom. The van der Waals surface area contributed by atoms with Gasteiger partial charge in [-0.3, -0.25) is 4.79 Å². The molecule has 0 saturated heterocycles. The molecule has 33 heavy (non-hydrogen) atoms. The van der Waals surface area contributed by atoms with Gasteiger partial charge < -0.3 is 19.4 Å². The Kier molecular flexibility index (Phi) is 6.36. The molecule has 0 fully saturated rings. The number of hydrogen-bond donors (Lipinski definition) is 1. The number of nitrogens with zero attached hydrogens (tertiary/aromatic N) is 1. The van der Waals surface area contributed by atoms with Crippen LogP contribution >= 0.6 is 0 Å². The molecule has 0 bridgehead atoms. The fourth-order valence-electron chi connectivity index (χ4n) is 4.08. The Balaban J connectivity index is 1.67. The highest BCUT2D eigenvalue weighted by Crippen LogP contribution is 2.44. The molecular weight excluding hydrogens is 419 g/mol. The quantitative estimate of drug-likeness (QED) is 0.556. The fraction of sp³-hybridized carbons (Fsp3) is 0.222. The molecule has 1 heterocycles. The van der Waals surface area contributed by atoms with Crippen LogP contribution in [0.5, 0.6) is 11.5 Å². The van der Waals surface area contributed by atoms with Gasteiger partial charge in [-0.25, -0.2) is 4.39 Å². The van der Waals surface area contributed by atoms with E-state index in [4.69, 9.17) is 9.47 Å². The molecular formula is C27H26FN2O3. The second kappa shape index (κ2) is 9.36. The lowest BCUT2D eigenvalue weighted by molar-refractivity contribution is -0.120.